The number of nitrogens with zero attached hydrogens (tertiary/aromatic N) is 5. The SMILES string of the molecule is Cc1cc(C(=O)CSc2nnnn2C2CC2)c(C)n1C(C)C. The Balaban J connectivity index is 1.72. The highest BCUT2D eigenvalue weighted by Crippen LogP contribution is 2.36. The molecule has 0 N–H and O–H groups in total. The van der Waals surface area contributed by atoms with Gasteiger partial charge in [0.1, 0.15) is 0 Å². The number of hydrogen-bond donors (Lipinski definition) is 0. The van der Waals surface area contributed by atoms with Crippen LogP contribution < -0.4 is 0 Å². The van der Waals surface area contributed by atoms with Gasteiger partial charge in [0.25, 0.3) is 0 Å². The maximum Gasteiger partial charge on any atom is 0.210 e. The van der Waals surface area contributed by atoms with Gasteiger partial charge in [-0.1, -0.05) is 11.8 Å². The van der Waals surface area contributed by atoms with Crippen LogP contribution in [0.2, 0.25) is 0 Å². The molecule has 0 radical (unpaired) electrons. The molecule has 0 bridgehead atoms. The van der Waals surface area contributed by atoms with E-state index in [1.54, 1.807) is 0 Å². The molecule has 0 unspecified atom stereocenters. The van der Waals surface area contributed by atoms with Gasteiger partial charge < -0.3 is 4.57 Å². The Morgan fingerprint density at radius 2 is 2.14 bits per heavy atom. The van der Waals surface area contributed by atoms with E-state index in [4.69, 9.17) is 0 Å². The summed E-state index contributed by atoms with van der Waals surface area (Å²) in [7, 11) is 0. The summed E-state index contributed by atoms with van der Waals surface area (Å²) < 4.78 is 4.04. The van der Waals surface area contributed by atoms with Crippen molar-refractivity contribution in [1.82, 2.24) is 24.8 Å². The van der Waals surface area contributed by atoms with Crippen LogP contribution >= 0.6 is 11.8 Å². The maximum atomic E-state index is 12.5. The smallest absolute Gasteiger partial charge is 0.210 e. The second-order valence-electron chi connectivity index (χ2n) is 6.10. The summed E-state index contributed by atoms with van der Waals surface area (Å²) in [5, 5.41) is 12.5. The normalized spacial score (nSPS) is 14.8. The van der Waals surface area contributed by atoms with Crippen molar-refractivity contribution in [2.75, 3.05) is 5.75 Å². The van der Waals surface area contributed by atoms with Gasteiger partial charge in [-0.15, -0.1) is 5.10 Å². The second-order valence-corrected chi connectivity index (χ2v) is 7.04. The number of carbonyl (C=O) groups excluding carboxylic acids is 1. The zero-order valence-electron chi connectivity index (χ0n) is 13.4. The lowest BCUT2D eigenvalue weighted by Crippen LogP contribution is -2.09. The predicted molar refractivity (Wildman–Crippen MR) is 85.4 cm³/mol. The fourth-order valence-corrected chi connectivity index (χ4v) is 3.72. The van der Waals surface area contributed by atoms with Crippen molar-refractivity contribution >= 4 is 17.5 Å². The highest BCUT2D eigenvalue weighted by Gasteiger charge is 2.28. The van der Waals surface area contributed by atoms with Crippen LogP contribution in [0, 0.1) is 13.8 Å². The van der Waals surface area contributed by atoms with Crippen molar-refractivity contribution in [3.8, 4) is 0 Å². The first-order valence-electron chi connectivity index (χ1n) is 7.61. The van der Waals surface area contributed by atoms with Crippen molar-refractivity contribution in [2.24, 2.45) is 0 Å². The average molecular weight is 319 g/mol. The Hall–Kier alpha value is -1.63. The van der Waals surface area contributed by atoms with E-state index in [1.807, 2.05) is 24.6 Å². The fourth-order valence-electron chi connectivity index (χ4n) is 2.89. The standard InChI is InChI=1S/C15H21N5OS/c1-9(2)19-10(3)7-13(11(19)4)14(21)8-22-15-16-17-18-20(15)12-5-6-12/h7,9,12H,5-6,8H2,1-4H3. The van der Waals surface area contributed by atoms with E-state index in [1.165, 1.54) is 11.8 Å². The molecule has 0 aliphatic heterocycles. The summed E-state index contributed by atoms with van der Waals surface area (Å²) >= 11 is 1.43. The lowest BCUT2D eigenvalue weighted by Gasteiger charge is -2.13. The van der Waals surface area contributed by atoms with Crippen molar-refractivity contribution in [2.45, 2.75) is 57.8 Å². The van der Waals surface area contributed by atoms with Crippen LogP contribution in [0.25, 0.3) is 0 Å². The molecule has 2 aromatic heterocycles. The molecule has 0 aromatic carbocycles. The molecule has 118 valence electrons. The fraction of sp³-hybridized carbons (Fsp3) is 0.600. The largest absolute Gasteiger partial charge is 0.346 e. The number of aryl methyl sites for hydroxylation is 1. The van der Waals surface area contributed by atoms with E-state index in [0.717, 1.165) is 34.9 Å². The van der Waals surface area contributed by atoms with Gasteiger partial charge in [-0.3, -0.25) is 4.79 Å². The zero-order chi connectivity index (χ0) is 15.9. The third kappa shape index (κ3) is 2.82. The monoisotopic (exact) mass is 319 g/mol. The lowest BCUT2D eigenvalue weighted by molar-refractivity contribution is 0.102. The van der Waals surface area contributed by atoms with E-state index in [0.29, 0.717) is 17.8 Å². The Kier molecular flexibility index (Phi) is 4.08. The third-order valence-corrected chi connectivity index (χ3v) is 4.92. The lowest BCUT2D eigenvalue weighted by atomic mass is 10.2. The molecule has 0 amide bonds. The van der Waals surface area contributed by atoms with Gasteiger partial charge in [0, 0.05) is 23.0 Å². The summed E-state index contributed by atoms with van der Waals surface area (Å²) in [6.45, 7) is 8.32. The van der Waals surface area contributed by atoms with Crippen molar-refractivity contribution in [3.05, 3.63) is 23.0 Å². The summed E-state index contributed by atoms with van der Waals surface area (Å²) in [6, 6.07) is 2.78. The minimum Gasteiger partial charge on any atom is -0.346 e. The number of thioether (sulfide) groups is 1. The number of ketones is 1. The van der Waals surface area contributed by atoms with E-state index in [-0.39, 0.29) is 5.78 Å². The van der Waals surface area contributed by atoms with Gasteiger partial charge >= 0.3 is 0 Å². The molecule has 6 nitrogen and oxygen atoms in total. The van der Waals surface area contributed by atoms with Gasteiger partial charge in [-0.05, 0) is 57.0 Å². The number of rotatable bonds is 6. The van der Waals surface area contributed by atoms with Crippen LogP contribution in [0.5, 0.6) is 0 Å². The molecule has 3 rings (SSSR count). The molecule has 1 fully saturated rings. The van der Waals surface area contributed by atoms with E-state index in [9.17, 15) is 4.79 Å². The van der Waals surface area contributed by atoms with Gasteiger partial charge in [0.2, 0.25) is 5.16 Å². The predicted octanol–water partition coefficient (Wildman–Crippen LogP) is 2.98. The molecule has 0 saturated heterocycles. The quantitative estimate of drug-likeness (QED) is 0.605. The van der Waals surface area contributed by atoms with Crippen molar-refractivity contribution in [1.29, 1.82) is 0 Å². The Morgan fingerprint density at radius 3 is 2.73 bits per heavy atom. The first-order chi connectivity index (χ1) is 10.5. The van der Waals surface area contributed by atoms with Crippen LogP contribution in [-0.4, -0.2) is 36.3 Å². The number of aromatic nitrogens is 5. The van der Waals surface area contributed by atoms with Crippen LogP contribution in [0.15, 0.2) is 11.2 Å². The third-order valence-electron chi connectivity index (χ3n) is 3.99. The highest BCUT2D eigenvalue weighted by atomic mass is 32.2. The molecule has 0 spiro atoms. The number of carbonyl (C=O) groups is 1. The number of hydrogen-bond acceptors (Lipinski definition) is 5. The van der Waals surface area contributed by atoms with Crippen LogP contribution in [0.3, 0.4) is 0 Å². The summed E-state index contributed by atoms with van der Waals surface area (Å²) in [6.07, 6.45) is 2.25. The second kappa shape index (κ2) is 5.87. The molecule has 2 aromatic rings. The minimum atomic E-state index is 0.135. The molecule has 2 heterocycles. The van der Waals surface area contributed by atoms with Crippen LogP contribution in [0.1, 0.15) is 60.5 Å². The highest BCUT2D eigenvalue weighted by molar-refractivity contribution is 7.99. The molecular formula is C15H21N5OS. The van der Waals surface area contributed by atoms with Crippen LogP contribution in [-0.2, 0) is 0 Å². The number of tetrazole rings is 1. The van der Waals surface area contributed by atoms with E-state index < -0.39 is 0 Å². The van der Waals surface area contributed by atoms with E-state index >= 15 is 0 Å². The van der Waals surface area contributed by atoms with E-state index in [2.05, 4.69) is 33.9 Å². The van der Waals surface area contributed by atoms with Crippen molar-refractivity contribution in [3.63, 3.8) is 0 Å². The Labute approximate surface area is 134 Å². The number of Topliss-reactive ketones (excluding diaryl/α,β-unsaturated/α-hetero) is 1. The van der Waals surface area contributed by atoms with Crippen molar-refractivity contribution < 1.29 is 4.79 Å². The molecule has 1 aliphatic carbocycles. The van der Waals surface area contributed by atoms with Gasteiger partial charge in [0.15, 0.2) is 5.78 Å². The molecule has 0 atom stereocenters. The van der Waals surface area contributed by atoms with Gasteiger partial charge in [-0.2, -0.15) is 0 Å². The van der Waals surface area contributed by atoms with Crippen LogP contribution in [0.4, 0.5) is 0 Å². The first-order valence-corrected chi connectivity index (χ1v) is 8.60. The summed E-state index contributed by atoms with van der Waals surface area (Å²) in [5.41, 5.74) is 2.98. The molecular weight excluding hydrogens is 298 g/mol. The summed E-state index contributed by atoms with van der Waals surface area (Å²) in [5.74, 6) is 0.505. The summed E-state index contributed by atoms with van der Waals surface area (Å²) in [4.78, 5) is 12.5. The maximum absolute atomic E-state index is 12.5. The average Bonchev–Trinajstić information content (AvgIpc) is 3.11. The minimum absolute atomic E-state index is 0.135. The Bertz CT molecular complexity index is 699. The molecule has 1 saturated carbocycles. The topological polar surface area (TPSA) is 65.6 Å². The first kappa shape index (κ1) is 15.3. The Morgan fingerprint density at radius 1 is 1.41 bits per heavy atom. The zero-order valence-corrected chi connectivity index (χ0v) is 14.2. The van der Waals surface area contributed by atoms with Gasteiger partial charge in [0.05, 0.1) is 11.8 Å². The molecule has 22 heavy (non-hydrogen) atoms. The molecule has 1 aliphatic rings. The van der Waals surface area contributed by atoms with Gasteiger partial charge in [-0.25, -0.2) is 4.68 Å². The molecule has 7 heteroatoms.